The van der Waals surface area contributed by atoms with Crippen LogP contribution in [0.15, 0.2) is 59.8 Å². The Hall–Kier alpha value is -2.71. The molecule has 0 unspecified atom stereocenters. The number of pyridine rings is 1. The first-order valence-corrected chi connectivity index (χ1v) is 11.2. The molecule has 0 aliphatic carbocycles. The second-order valence-corrected chi connectivity index (χ2v) is 8.99. The maximum absolute atomic E-state index is 12.8. The number of amides is 1. The summed E-state index contributed by atoms with van der Waals surface area (Å²) in [6.45, 7) is 4.56. The average Bonchev–Trinajstić information content (AvgIpc) is 3.07. The van der Waals surface area contributed by atoms with Crippen LogP contribution in [0.4, 0.5) is 18.9 Å². The Morgan fingerprint density at radius 3 is 2.56 bits per heavy atom. The number of hydrogen-bond donors (Lipinski definition) is 1. The standard InChI is InChI=1S/C23H19ClF3N3OS/c1-3-30-19-7-5-4-6-16(19)17-11-15(8-9-20(17)30)29-21(31)13(2)32-22-18(24)10-14(12-28-22)23(25,26)27/h4-13H,3H2,1-2H3,(H,29,31)/t13-/m0/s1. The number of nitrogens with zero attached hydrogens (tertiary/aromatic N) is 2. The van der Waals surface area contributed by atoms with E-state index in [-0.39, 0.29) is 16.0 Å². The van der Waals surface area contributed by atoms with E-state index in [1.165, 1.54) is 0 Å². The number of anilines is 1. The number of fused-ring (bicyclic) bond motifs is 3. The molecule has 0 aliphatic rings. The number of halogens is 4. The van der Waals surface area contributed by atoms with E-state index in [1.807, 2.05) is 36.4 Å². The zero-order valence-electron chi connectivity index (χ0n) is 17.2. The molecule has 166 valence electrons. The van der Waals surface area contributed by atoms with E-state index < -0.39 is 17.0 Å². The van der Waals surface area contributed by atoms with Crippen LogP contribution in [0.5, 0.6) is 0 Å². The zero-order chi connectivity index (χ0) is 23.0. The second-order valence-electron chi connectivity index (χ2n) is 7.25. The van der Waals surface area contributed by atoms with Gasteiger partial charge < -0.3 is 9.88 Å². The number of alkyl halides is 3. The highest BCUT2D eigenvalue weighted by atomic mass is 35.5. The van der Waals surface area contributed by atoms with Crippen molar-refractivity contribution >= 4 is 56.8 Å². The summed E-state index contributed by atoms with van der Waals surface area (Å²) in [5.41, 5.74) is 1.92. The minimum Gasteiger partial charge on any atom is -0.341 e. The molecule has 0 aliphatic heterocycles. The van der Waals surface area contributed by atoms with E-state index in [9.17, 15) is 18.0 Å². The molecule has 32 heavy (non-hydrogen) atoms. The highest BCUT2D eigenvalue weighted by molar-refractivity contribution is 8.00. The van der Waals surface area contributed by atoms with Crippen molar-refractivity contribution in [2.75, 3.05) is 5.32 Å². The van der Waals surface area contributed by atoms with Crippen LogP contribution >= 0.6 is 23.4 Å². The first kappa shape index (κ1) is 22.5. The summed E-state index contributed by atoms with van der Waals surface area (Å²) in [6.07, 6.45) is -3.81. The molecule has 0 saturated heterocycles. The summed E-state index contributed by atoms with van der Waals surface area (Å²) in [7, 11) is 0. The molecule has 1 atom stereocenters. The van der Waals surface area contributed by atoms with Crippen molar-refractivity contribution in [1.82, 2.24) is 9.55 Å². The number of rotatable bonds is 5. The molecule has 9 heteroatoms. The molecule has 2 aromatic heterocycles. The molecule has 4 nitrogen and oxygen atoms in total. The van der Waals surface area contributed by atoms with Crippen LogP contribution < -0.4 is 5.32 Å². The summed E-state index contributed by atoms with van der Waals surface area (Å²) in [5, 5.41) is 4.43. The summed E-state index contributed by atoms with van der Waals surface area (Å²) in [6, 6.07) is 14.7. The van der Waals surface area contributed by atoms with E-state index in [2.05, 4.69) is 27.9 Å². The van der Waals surface area contributed by atoms with E-state index in [1.54, 1.807) is 6.92 Å². The quantitative estimate of drug-likeness (QED) is 0.315. The number of nitrogens with one attached hydrogen (secondary N) is 1. The molecule has 1 N–H and O–H groups in total. The first-order valence-electron chi connectivity index (χ1n) is 9.90. The maximum Gasteiger partial charge on any atom is 0.417 e. The minimum absolute atomic E-state index is 0.140. The number of carbonyl (C=O) groups excluding carboxylic acids is 1. The van der Waals surface area contributed by atoms with Crippen molar-refractivity contribution in [3.63, 3.8) is 0 Å². The van der Waals surface area contributed by atoms with Gasteiger partial charge >= 0.3 is 6.18 Å². The Kier molecular flexibility index (Phi) is 6.09. The Morgan fingerprint density at radius 1 is 1.16 bits per heavy atom. The van der Waals surface area contributed by atoms with Gasteiger partial charge in [0.2, 0.25) is 5.91 Å². The third kappa shape index (κ3) is 4.29. The van der Waals surface area contributed by atoms with Crippen molar-refractivity contribution in [1.29, 1.82) is 0 Å². The van der Waals surface area contributed by atoms with E-state index >= 15 is 0 Å². The molecule has 4 rings (SSSR count). The molecule has 0 fully saturated rings. The zero-order valence-corrected chi connectivity index (χ0v) is 18.8. The van der Waals surface area contributed by atoms with Crippen LogP contribution in [-0.4, -0.2) is 20.7 Å². The average molecular weight is 478 g/mol. The molecule has 4 aromatic rings. The highest BCUT2D eigenvalue weighted by Gasteiger charge is 2.32. The molecule has 0 spiro atoms. The molecule has 0 bridgehead atoms. The summed E-state index contributed by atoms with van der Waals surface area (Å²) < 4.78 is 40.6. The van der Waals surface area contributed by atoms with Crippen molar-refractivity contribution in [3.05, 3.63) is 65.3 Å². The summed E-state index contributed by atoms with van der Waals surface area (Å²) >= 11 is 6.97. The SMILES string of the molecule is CCn1c2ccccc2c2cc(NC(=O)[C@H](C)Sc3ncc(C(F)(F)F)cc3Cl)ccc21. The van der Waals surface area contributed by atoms with Gasteiger partial charge in [-0.15, -0.1) is 0 Å². The largest absolute Gasteiger partial charge is 0.417 e. The lowest BCUT2D eigenvalue weighted by Crippen LogP contribution is -2.22. The maximum atomic E-state index is 12.8. The topological polar surface area (TPSA) is 46.9 Å². The van der Waals surface area contributed by atoms with Crippen LogP contribution in [0.25, 0.3) is 21.8 Å². The van der Waals surface area contributed by atoms with Gasteiger partial charge in [-0.1, -0.05) is 41.6 Å². The van der Waals surface area contributed by atoms with Gasteiger partial charge in [0.05, 0.1) is 15.8 Å². The van der Waals surface area contributed by atoms with Crippen LogP contribution in [-0.2, 0) is 17.5 Å². The van der Waals surface area contributed by atoms with Gasteiger partial charge in [0.25, 0.3) is 0 Å². The van der Waals surface area contributed by atoms with Crippen LogP contribution in [0.3, 0.4) is 0 Å². The van der Waals surface area contributed by atoms with E-state index in [4.69, 9.17) is 11.6 Å². The highest BCUT2D eigenvalue weighted by Crippen LogP contribution is 2.35. The third-order valence-electron chi connectivity index (χ3n) is 5.15. The molecule has 2 heterocycles. The van der Waals surface area contributed by atoms with Crippen molar-refractivity contribution in [2.24, 2.45) is 0 Å². The molecule has 0 radical (unpaired) electrons. The summed E-state index contributed by atoms with van der Waals surface area (Å²) in [4.78, 5) is 16.5. The molecular formula is C23H19ClF3N3OS. The number of aromatic nitrogens is 2. The lowest BCUT2D eigenvalue weighted by Gasteiger charge is -2.14. The van der Waals surface area contributed by atoms with Gasteiger partial charge in [0.15, 0.2) is 0 Å². The number of hydrogen-bond acceptors (Lipinski definition) is 3. The third-order valence-corrected chi connectivity index (χ3v) is 6.66. The van der Waals surface area contributed by atoms with Gasteiger partial charge in [-0.25, -0.2) is 4.98 Å². The Labute approximate surface area is 191 Å². The van der Waals surface area contributed by atoms with Crippen molar-refractivity contribution < 1.29 is 18.0 Å². The number of benzene rings is 2. The Balaban J connectivity index is 1.54. The molecule has 1 amide bonds. The monoisotopic (exact) mass is 477 g/mol. The number of carbonyl (C=O) groups is 1. The lowest BCUT2D eigenvalue weighted by atomic mass is 10.1. The smallest absolute Gasteiger partial charge is 0.341 e. The number of aryl methyl sites for hydroxylation is 1. The summed E-state index contributed by atoms with van der Waals surface area (Å²) in [5.74, 6) is -0.300. The van der Waals surface area contributed by atoms with Gasteiger partial charge in [0.1, 0.15) is 5.03 Å². The molecule has 2 aromatic carbocycles. The van der Waals surface area contributed by atoms with Crippen LogP contribution in [0, 0.1) is 0 Å². The second kappa shape index (κ2) is 8.67. The molecule has 0 saturated carbocycles. The fourth-order valence-corrected chi connectivity index (χ4v) is 4.69. The first-order chi connectivity index (χ1) is 15.2. The fourth-order valence-electron chi connectivity index (χ4n) is 3.60. The molecular weight excluding hydrogens is 459 g/mol. The van der Waals surface area contributed by atoms with Crippen LogP contribution in [0.2, 0.25) is 5.02 Å². The predicted molar refractivity (Wildman–Crippen MR) is 123 cm³/mol. The van der Waals surface area contributed by atoms with Crippen molar-refractivity contribution in [3.8, 4) is 0 Å². The lowest BCUT2D eigenvalue weighted by molar-refractivity contribution is -0.137. The normalized spacial score (nSPS) is 12.9. The Morgan fingerprint density at radius 2 is 1.88 bits per heavy atom. The predicted octanol–water partition coefficient (Wildman–Crippen LogP) is 7.00. The van der Waals surface area contributed by atoms with Gasteiger partial charge in [-0.3, -0.25) is 4.79 Å². The van der Waals surface area contributed by atoms with Gasteiger partial charge in [-0.05, 0) is 44.2 Å². The minimum atomic E-state index is -4.53. The fraction of sp³-hybridized carbons (Fsp3) is 0.217. The van der Waals surface area contributed by atoms with E-state index in [0.717, 1.165) is 52.4 Å². The van der Waals surface area contributed by atoms with Gasteiger partial charge in [0, 0.05) is 40.2 Å². The number of thioether (sulfide) groups is 1. The van der Waals surface area contributed by atoms with Crippen molar-refractivity contribution in [2.45, 2.75) is 36.8 Å². The van der Waals surface area contributed by atoms with Gasteiger partial charge in [-0.2, -0.15) is 13.2 Å². The number of para-hydroxylation sites is 1. The van der Waals surface area contributed by atoms with Crippen LogP contribution in [0.1, 0.15) is 19.4 Å². The Bertz CT molecular complexity index is 1320. The van der Waals surface area contributed by atoms with E-state index in [0.29, 0.717) is 5.69 Å².